The van der Waals surface area contributed by atoms with Crippen LogP contribution >= 0.6 is 0 Å². The van der Waals surface area contributed by atoms with Gasteiger partial charge in [0, 0.05) is 24.3 Å². The van der Waals surface area contributed by atoms with Gasteiger partial charge in [0.1, 0.15) is 11.5 Å². The third kappa shape index (κ3) is 2.70. The smallest absolute Gasteiger partial charge is 0.173 e. The molecule has 0 bridgehead atoms. The van der Waals surface area contributed by atoms with Crippen LogP contribution < -0.4 is 0 Å². The summed E-state index contributed by atoms with van der Waals surface area (Å²) < 4.78 is 5.92. The van der Waals surface area contributed by atoms with E-state index in [0.29, 0.717) is 0 Å². The summed E-state index contributed by atoms with van der Waals surface area (Å²) in [4.78, 5) is 37.7. The first-order valence-corrected chi connectivity index (χ1v) is 7.79. The molecule has 1 saturated carbocycles. The highest BCUT2D eigenvalue weighted by Gasteiger charge is 2.51. The predicted octanol–water partition coefficient (Wildman–Crippen LogP) is 2.55. The maximum Gasteiger partial charge on any atom is 0.173 e. The lowest BCUT2D eigenvalue weighted by Crippen LogP contribution is -2.50. The molecule has 2 aliphatic carbocycles. The van der Waals surface area contributed by atoms with E-state index in [9.17, 15) is 19.5 Å². The van der Waals surface area contributed by atoms with Crippen LogP contribution in [-0.2, 0) is 9.53 Å². The van der Waals surface area contributed by atoms with Crippen LogP contribution in [0.3, 0.4) is 0 Å². The van der Waals surface area contributed by atoms with Crippen LogP contribution in [0.15, 0.2) is 18.2 Å². The number of hydrogen-bond acceptors (Lipinski definition) is 5. The van der Waals surface area contributed by atoms with Gasteiger partial charge in [-0.1, -0.05) is 12.1 Å². The number of carbonyl (C=O) groups is 3. The van der Waals surface area contributed by atoms with Crippen molar-refractivity contribution >= 4 is 17.3 Å². The number of aromatic hydroxyl groups is 1. The van der Waals surface area contributed by atoms with Crippen molar-refractivity contribution in [2.24, 2.45) is 11.8 Å². The summed E-state index contributed by atoms with van der Waals surface area (Å²) in [6.45, 7) is 5.55. The summed E-state index contributed by atoms with van der Waals surface area (Å²) >= 11 is 0. The molecule has 0 radical (unpaired) electrons. The Labute approximate surface area is 134 Å². The second kappa shape index (κ2) is 5.27. The van der Waals surface area contributed by atoms with Gasteiger partial charge < -0.3 is 9.84 Å². The highest BCUT2D eigenvalue weighted by Crippen LogP contribution is 2.43. The molecule has 1 aromatic carbocycles. The van der Waals surface area contributed by atoms with E-state index in [1.807, 2.05) is 20.8 Å². The van der Waals surface area contributed by atoms with Crippen LogP contribution in [0.25, 0.3) is 0 Å². The molecule has 5 heteroatoms. The van der Waals surface area contributed by atoms with Gasteiger partial charge in [-0.05, 0) is 26.8 Å². The summed E-state index contributed by atoms with van der Waals surface area (Å²) in [5, 5.41) is 10.0. The van der Waals surface area contributed by atoms with Crippen LogP contribution in [0.4, 0.5) is 0 Å². The molecule has 3 rings (SSSR count). The van der Waals surface area contributed by atoms with Crippen LogP contribution in [0.2, 0.25) is 0 Å². The fraction of sp³-hybridized carbons (Fsp3) is 0.500. The standard InChI is InChI=1S/C18H20O5/c1-18(2,3)23-13-8-9(19)7-11-15(13)17(22)14-10(16(11)21)5-4-6-12(14)20/h4-6,11,13,15,20H,7-8H2,1-3H3/t11-,13-,15+/m1/s1. The molecule has 0 aliphatic heterocycles. The molecule has 1 N–H and O–H groups in total. The minimum atomic E-state index is -0.708. The van der Waals surface area contributed by atoms with Gasteiger partial charge in [-0.25, -0.2) is 0 Å². The highest BCUT2D eigenvalue weighted by atomic mass is 16.5. The molecule has 0 spiro atoms. The molecule has 0 amide bonds. The molecule has 23 heavy (non-hydrogen) atoms. The quantitative estimate of drug-likeness (QED) is 0.861. The summed E-state index contributed by atoms with van der Waals surface area (Å²) in [5.74, 6) is -2.21. The summed E-state index contributed by atoms with van der Waals surface area (Å²) in [6, 6.07) is 4.47. The predicted molar refractivity (Wildman–Crippen MR) is 82.6 cm³/mol. The van der Waals surface area contributed by atoms with Crippen LogP contribution in [-0.4, -0.2) is 34.2 Å². The van der Waals surface area contributed by atoms with Gasteiger partial charge in [0.15, 0.2) is 11.6 Å². The minimum Gasteiger partial charge on any atom is -0.507 e. The molecule has 122 valence electrons. The first-order chi connectivity index (χ1) is 10.7. The molecule has 0 aromatic heterocycles. The maximum absolute atomic E-state index is 12.9. The van der Waals surface area contributed by atoms with Crippen LogP contribution in [0, 0.1) is 11.8 Å². The summed E-state index contributed by atoms with van der Waals surface area (Å²) in [7, 11) is 0. The number of Topliss-reactive ketones (excluding diaryl/α,β-unsaturated/α-hetero) is 3. The van der Waals surface area contributed by atoms with E-state index >= 15 is 0 Å². The topological polar surface area (TPSA) is 80.7 Å². The molecule has 0 saturated heterocycles. The van der Waals surface area contributed by atoms with Crippen molar-refractivity contribution in [2.45, 2.75) is 45.3 Å². The fourth-order valence-electron chi connectivity index (χ4n) is 3.61. The third-order valence-corrected chi connectivity index (χ3v) is 4.41. The van der Waals surface area contributed by atoms with E-state index in [1.54, 1.807) is 0 Å². The van der Waals surface area contributed by atoms with Crippen molar-refractivity contribution in [3.63, 3.8) is 0 Å². The van der Waals surface area contributed by atoms with E-state index in [-0.39, 0.29) is 47.1 Å². The zero-order chi connectivity index (χ0) is 16.9. The largest absolute Gasteiger partial charge is 0.507 e. The second-order valence-corrected chi connectivity index (χ2v) is 7.28. The van der Waals surface area contributed by atoms with E-state index < -0.39 is 23.5 Å². The number of benzene rings is 1. The molecule has 3 atom stereocenters. The van der Waals surface area contributed by atoms with Crippen molar-refractivity contribution in [3.8, 4) is 5.75 Å². The van der Waals surface area contributed by atoms with Gasteiger partial charge in [0.05, 0.1) is 23.2 Å². The fourth-order valence-corrected chi connectivity index (χ4v) is 3.61. The number of fused-ring (bicyclic) bond motifs is 2. The number of rotatable bonds is 1. The van der Waals surface area contributed by atoms with Gasteiger partial charge in [-0.15, -0.1) is 0 Å². The first kappa shape index (κ1) is 15.9. The van der Waals surface area contributed by atoms with Gasteiger partial charge in [0.2, 0.25) is 0 Å². The van der Waals surface area contributed by atoms with E-state index in [4.69, 9.17) is 4.74 Å². The Morgan fingerprint density at radius 1 is 1.09 bits per heavy atom. The van der Waals surface area contributed by atoms with Gasteiger partial charge in [-0.3, -0.25) is 14.4 Å². The number of carbonyl (C=O) groups excluding carboxylic acids is 3. The zero-order valence-electron chi connectivity index (χ0n) is 13.5. The minimum absolute atomic E-state index is 0.0638. The molecule has 2 aliphatic rings. The number of phenolic OH excluding ortho intramolecular Hbond substituents is 1. The second-order valence-electron chi connectivity index (χ2n) is 7.28. The normalized spacial score (nSPS) is 27.6. The Morgan fingerprint density at radius 2 is 1.78 bits per heavy atom. The van der Waals surface area contributed by atoms with Crippen molar-refractivity contribution in [1.82, 2.24) is 0 Å². The number of ether oxygens (including phenoxy) is 1. The average molecular weight is 316 g/mol. The van der Waals surface area contributed by atoms with Crippen LogP contribution in [0.5, 0.6) is 5.75 Å². The van der Waals surface area contributed by atoms with Gasteiger partial charge >= 0.3 is 0 Å². The zero-order valence-corrected chi connectivity index (χ0v) is 13.5. The van der Waals surface area contributed by atoms with Crippen molar-refractivity contribution in [2.75, 3.05) is 0 Å². The Kier molecular flexibility index (Phi) is 3.64. The van der Waals surface area contributed by atoms with Crippen molar-refractivity contribution in [1.29, 1.82) is 0 Å². The van der Waals surface area contributed by atoms with E-state index in [0.717, 1.165) is 0 Å². The molecule has 0 heterocycles. The lowest BCUT2D eigenvalue weighted by Gasteiger charge is -2.41. The first-order valence-electron chi connectivity index (χ1n) is 7.79. The molecule has 1 aromatic rings. The number of hydrogen-bond donors (Lipinski definition) is 1. The lowest BCUT2D eigenvalue weighted by molar-refractivity contribution is -0.137. The van der Waals surface area contributed by atoms with Gasteiger partial charge in [-0.2, -0.15) is 0 Å². The van der Waals surface area contributed by atoms with Gasteiger partial charge in [0.25, 0.3) is 0 Å². The lowest BCUT2D eigenvalue weighted by atomic mass is 9.65. The Hall–Kier alpha value is -2.01. The summed E-state index contributed by atoms with van der Waals surface area (Å²) in [5.41, 5.74) is -0.258. The van der Waals surface area contributed by atoms with E-state index in [2.05, 4.69) is 0 Å². The van der Waals surface area contributed by atoms with Crippen LogP contribution in [0.1, 0.15) is 54.3 Å². The van der Waals surface area contributed by atoms with Crippen molar-refractivity contribution < 1.29 is 24.2 Å². The third-order valence-electron chi connectivity index (χ3n) is 4.41. The van der Waals surface area contributed by atoms with Crippen molar-refractivity contribution in [3.05, 3.63) is 29.3 Å². The SMILES string of the molecule is CC(C)(C)O[C@@H]1CC(=O)C[C@H]2C(=O)c3cccc(O)c3C(=O)[C@H]12. The molecule has 1 fully saturated rings. The number of ketones is 3. The maximum atomic E-state index is 12.9. The summed E-state index contributed by atoms with van der Waals surface area (Å²) in [6.07, 6.45) is -0.445. The molecule has 5 nitrogen and oxygen atoms in total. The molecule has 0 unspecified atom stereocenters. The average Bonchev–Trinajstić information content (AvgIpc) is 2.42. The Bertz CT molecular complexity index is 698. The Balaban J connectivity index is 2.09. The highest BCUT2D eigenvalue weighted by molar-refractivity contribution is 6.18. The molecular weight excluding hydrogens is 296 g/mol. The number of phenols is 1. The Morgan fingerprint density at radius 3 is 2.43 bits per heavy atom. The molecular formula is C18H20O5. The monoisotopic (exact) mass is 316 g/mol. The van der Waals surface area contributed by atoms with E-state index in [1.165, 1.54) is 18.2 Å².